The molecular formula is C19H22ClNO3S2. The Morgan fingerprint density at radius 2 is 1.69 bits per heavy atom. The standard InChI is InChI=1S/C19H22ClNO3S2/c1-25-16-10-8-15(9-11-16)24-19-5-3-2-4-18(19)21-26(22,23)17-12-6-14(20)7-13-17/h6-13,18-19,21H,2-5H2,1H3/t18-,19+/m1/s1. The molecule has 0 heterocycles. The zero-order valence-electron chi connectivity index (χ0n) is 14.5. The van der Waals surface area contributed by atoms with E-state index in [9.17, 15) is 8.42 Å². The third-order valence-corrected chi connectivity index (χ3v) is 6.98. The second-order valence-electron chi connectivity index (χ2n) is 6.30. The molecule has 1 aliphatic carbocycles. The lowest BCUT2D eigenvalue weighted by Gasteiger charge is -2.32. The van der Waals surface area contributed by atoms with E-state index >= 15 is 0 Å². The first-order valence-electron chi connectivity index (χ1n) is 8.56. The Morgan fingerprint density at radius 1 is 1.04 bits per heavy atom. The molecule has 2 aromatic carbocycles. The summed E-state index contributed by atoms with van der Waals surface area (Å²) < 4.78 is 34.3. The number of ether oxygens (including phenoxy) is 1. The highest BCUT2D eigenvalue weighted by Gasteiger charge is 2.31. The SMILES string of the molecule is CSc1ccc(O[C@H]2CCCC[C@H]2NS(=O)(=O)c2ccc(Cl)cc2)cc1. The van der Waals surface area contributed by atoms with Gasteiger partial charge >= 0.3 is 0 Å². The van der Waals surface area contributed by atoms with E-state index in [1.807, 2.05) is 30.5 Å². The van der Waals surface area contributed by atoms with Gasteiger partial charge in [-0.05, 0) is 74.0 Å². The van der Waals surface area contributed by atoms with Gasteiger partial charge in [-0.25, -0.2) is 13.1 Å². The summed E-state index contributed by atoms with van der Waals surface area (Å²) in [6.45, 7) is 0. The third-order valence-electron chi connectivity index (χ3n) is 4.48. The van der Waals surface area contributed by atoms with E-state index in [1.54, 1.807) is 23.9 Å². The summed E-state index contributed by atoms with van der Waals surface area (Å²) in [5.74, 6) is 0.769. The summed E-state index contributed by atoms with van der Waals surface area (Å²) >= 11 is 7.53. The Kier molecular flexibility index (Phi) is 6.51. The van der Waals surface area contributed by atoms with Crippen LogP contribution in [-0.4, -0.2) is 26.8 Å². The molecule has 0 amide bonds. The summed E-state index contributed by atoms with van der Waals surface area (Å²) in [6, 6.07) is 13.8. The molecule has 3 rings (SSSR count). The number of hydrogen-bond donors (Lipinski definition) is 1. The molecule has 0 bridgehead atoms. The van der Waals surface area contributed by atoms with Crippen molar-refractivity contribution in [3.63, 3.8) is 0 Å². The number of halogens is 1. The van der Waals surface area contributed by atoms with Crippen molar-refractivity contribution in [3.05, 3.63) is 53.6 Å². The first-order valence-corrected chi connectivity index (χ1v) is 11.6. The van der Waals surface area contributed by atoms with Crippen LogP contribution in [0.25, 0.3) is 0 Å². The van der Waals surface area contributed by atoms with Gasteiger partial charge in [0.05, 0.1) is 10.9 Å². The first-order chi connectivity index (χ1) is 12.5. The molecule has 0 radical (unpaired) electrons. The molecule has 0 spiro atoms. The fraction of sp³-hybridized carbons (Fsp3) is 0.368. The maximum atomic E-state index is 12.7. The van der Waals surface area contributed by atoms with Crippen LogP contribution >= 0.6 is 23.4 Å². The summed E-state index contributed by atoms with van der Waals surface area (Å²) in [5, 5.41) is 0.511. The molecule has 1 aliphatic rings. The highest BCUT2D eigenvalue weighted by atomic mass is 35.5. The fourth-order valence-electron chi connectivity index (χ4n) is 3.08. The van der Waals surface area contributed by atoms with Crippen molar-refractivity contribution in [1.29, 1.82) is 0 Å². The molecule has 0 aliphatic heterocycles. The minimum atomic E-state index is -3.60. The van der Waals surface area contributed by atoms with Crippen LogP contribution in [0.4, 0.5) is 0 Å². The Morgan fingerprint density at radius 3 is 2.35 bits per heavy atom. The van der Waals surface area contributed by atoms with E-state index in [1.165, 1.54) is 17.0 Å². The molecule has 4 nitrogen and oxygen atoms in total. The highest BCUT2D eigenvalue weighted by molar-refractivity contribution is 7.98. The van der Waals surface area contributed by atoms with Crippen LogP contribution < -0.4 is 9.46 Å². The van der Waals surface area contributed by atoms with Crippen LogP contribution in [0.1, 0.15) is 25.7 Å². The van der Waals surface area contributed by atoms with Crippen molar-refractivity contribution >= 4 is 33.4 Å². The lowest BCUT2D eigenvalue weighted by Crippen LogP contribution is -2.47. The van der Waals surface area contributed by atoms with Gasteiger partial charge in [-0.3, -0.25) is 0 Å². The molecule has 0 aromatic heterocycles. The predicted molar refractivity (Wildman–Crippen MR) is 107 cm³/mol. The van der Waals surface area contributed by atoms with Gasteiger partial charge in [0.15, 0.2) is 0 Å². The van der Waals surface area contributed by atoms with Gasteiger partial charge < -0.3 is 4.74 Å². The van der Waals surface area contributed by atoms with Gasteiger partial charge in [0.2, 0.25) is 10.0 Å². The van der Waals surface area contributed by atoms with Gasteiger partial charge in [-0.1, -0.05) is 18.0 Å². The minimum absolute atomic E-state index is 0.175. The average Bonchev–Trinajstić information content (AvgIpc) is 2.64. The van der Waals surface area contributed by atoms with Crippen molar-refractivity contribution in [2.24, 2.45) is 0 Å². The van der Waals surface area contributed by atoms with Crippen molar-refractivity contribution in [1.82, 2.24) is 4.72 Å². The van der Waals surface area contributed by atoms with Crippen LogP contribution in [0.3, 0.4) is 0 Å². The number of nitrogens with one attached hydrogen (secondary N) is 1. The lowest BCUT2D eigenvalue weighted by atomic mass is 9.93. The Hall–Kier alpha value is -1.21. The number of rotatable bonds is 6. The molecule has 0 saturated heterocycles. The predicted octanol–water partition coefficient (Wildman–Crippen LogP) is 4.73. The summed E-state index contributed by atoms with van der Waals surface area (Å²) in [7, 11) is -3.60. The second-order valence-corrected chi connectivity index (χ2v) is 9.33. The van der Waals surface area contributed by atoms with Crippen LogP contribution in [-0.2, 0) is 10.0 Å². The summed E-state index contributed by atoms with van der Waals surface area (Å²) in [4.78, 5) is 1.39. The van der Waals surface area contributed by atoms with Crippen LogP contribution in [0.15, 0.2) is 58.3 Å². The normalized spacial score (nSPS) is 20.7. The number of benzene rings is 2. The minimum Gasteiger partial charge on any atom is -0.489 e. The molecule has 26 heavy (non-hydrogen) atoms. The molecule has 7 heteroatoms. The van der Waals surface area contributed by atoms with E-state index in [0.29, 0.717) is 5.02 Å². The molecule has 0 unspecified atom stereocenters. The average molecular weight is 412 g/mol. The lowest BCUT2D eigenvalue weighted by molar-refractivity contribution is 0.125. The largest absolute Gasteiger partial charge is 0.489 e. The van der Waals surface area contributed by atoms with Crippen molar-refractivity contribution in [2.75, 3.05) is 6.26 Å². The molecular weight excluding hydrogens is 390 g/mol. The fourth-order valence-corrected chi connectivity index (χ4v) is 4.92. The maximum Gasteiger partial charge on any atom is 0.240 e. The second kappa shape index (κ2) is 8.65. The van der Waals surface area contributed by atoms with Crippen LogP contribution in [0.2, 0.25) is 5.02 Å². The third kappa shape index (κ3) is 4.94. The first kappa shape index (κ1) is 19.5. The molecule has 1 fully saturated rings. The molecule has 1 saturated carbocycles. The molecule has 140 valence electrons. The van der Waals surface area contributed by atoms with Crippen molar-refractivity contribution in [2.45, 2.75) is 47.6 Å². The smallest absolute Gasteiger partial charge is 0.240 e. The van der Waals surface area contributed by atoms with Crippen molar-refractivity contribution in [3.8, 4) is 5.75 Å². The Bertz CT molecular complexity index is 823. The van der Waals surface area contributed by atoms with Gasteiger partial charge in [-0.15, -0.1) is 11.8 Å². The van der Waals surface area contributed by atoms with Gasteiger partial charge in [0.1, 0.15) is 11.9 Å². The quantitative estimate of drug-likeness (QED) is 0.698. The molecule has 1 N–H and O–H groups in total. The highest BCUT2D eigenvalue weighted by Crippen LogP contribution is 2.27. The van der Waals surface area contributed by atoms with Crippen molar-refractivity contribution < 1.29 is 13.2 Å². The van der Waals surface area contributed by atoms with E-state index < -0.39 is 10.0 Å². The van der Waals surface area contributed by atoms with E-state index in [4.69, 9.17) is 16.3 Å². The number of thioether (sulfide) groups is 1. The number of hydrogen-bond acceptors (Lipinski definition) is 4. The van der Waals surface area contributed by atoms with Gasteiger partial charge in [0.25, 0.3) is 0 Å². The number of sulfonamides is 1. The van der Waals surface area contributed by atoms with E-state index in [0.717, 1.165) is 31.4 Å². The van der Waals surface area contributed by atoms with Crippen LogP contribution in [0, 0.1) is 0 Å². The molecule has 2 aromatic rings. The Balaban J connectivity index is 1.72. The zero-order chi connectivity index (χ0) is 18.6. The van der Waals surface area contributed by atoms with E-state index in [-0.39, 0.29) is 17.0 Å². The summed E-state index contributed by atoms with van der Waals surface area (Å²) in [6.07, 6.45) is 5.47. The Labute approximate surface area is 164 Å². The van der Waals surface area contributed by atoms with Crippen LogP contribution in [0.5, 0.6) is 5.75 Å². The topological polar surface area (TPSA) is 55.4 Å². The van der Waals surface area contributed by atoms with E-state index in [2.05, 4.69) is 4.72 Å². The maximum absolute atomic E-state index is 12.7. The van der Waals surface area contributed by atoms with Gasteiger partial charge in [0, 0.05) is 9.92 Å². The van der Waals surface area contributed by atoms with Gasteiger partial charge in [-0.2, -0.15) is 0 Å². The monoisotopic (exact) mass is 411 g/mol. The zero-order valence-corrected chi connectivity index (χ0v) is 16.9. The summed E-state index contributed by atoms with van der Waals surface area (Å²) in [5.41, 5.74) is 0. The molecule has 2 atom stereocenters.